The van der Waals surface area contributed by atoms with E-state index in [0.29, 0.717) is 10.7 Å². The summed E-state index contributed by atoms with van der Waals surface area (Å²) in [4.78, 5) is 12.5. The summed E-state index contributed by atoms with van der Waals surface area (Å²) in [5.74, 6) is -0.465. The van der Waals surface area contributed by atoms with E-state index in [9.17, 15) is 17.6 Å². The summed E-state index contributed by atoms with van der Waals surface area (Å²) in [6.45, 7) is 0.295. The van der Waals surface area contributed by atoms with E-state index >= 15 is 0 Å². The predicted octanol–water partition coefficient (Wildman–Crippen LogP) is 2.71. The van der Waals surface area contributed by atoms with E-state index in [0.717, 1.165) is 11.8 Å². The number of halogens is 2. The maximum absolute atomic E-state index is 13.0. The van der Waals surface area contributed by atoms with Crippen LogP contribution in [0.5, 0.6) is 5.75 Å². The summed E-state index contributed by atoms with van der Waals surface area (Å²) in [5.41, 5.74) is 1.04. The number of amides is 1. The minimum atomic E-state index is -3.56. The van der Waals surface area contributed by atoms with Crippen LogP contribution in [-0.4, -0.2) is 33.2 Å². The van der Waals surface area contributed by atoms with Gasteiger partial charge >= 0.3 is 0 Å². The zero-order chi connectivity index (χ0) is 19.6. The second-order valence-corrected chi connectivity index (χ2v) is 8.53. The Bertz CT molecular complexity index is 950. The molecule has 0 radical (unpaired) electrons. The van der Waals surface area contributed by atoms with Crippen LogP contribution in [0, 0.1) is 5.82 Å². The Labute approximate surface area is 161 Å². The molecule has 0 saturated carbocycles. The number of rotatable bonds is 4. The van der Waals surface area contributed by atoms with E-state index in [1.54, 1.807) is 24.3 Å². The zero-order valence-corrected chi connectivity index (χ0v) is 16.1. The molecular weight excluding hydrogens is 395 g/mol. The fourth-order valence-electron chi connectivity index (χ4n) is 2.79. The minimum Gasteiger partial charge on any atom is -0.478 e. The van der Waals surface area contributed by atoms with Crippen molar-refractivity contribution in [3.05, 3.63) is 58.9 Å². The van der Waals surface area contributed by atoms with Gasteiger partial charge in [0.25, 0.3) is 5.91 Å². The molecule has 144 valence electrons. The highest BCUT2D eigenvalue weighted by Crippen LogP contribution is 2.36. The fraction of sp³-hybridized carbons (Fsp3) is 0.278. The second kappa shape index (κ2) is 7.74. The number of anilines is 1. The number of carbonyl (C=O) groups is 1. The number of hydrogen-bond acceptors (Lipinski definition) is 4. The largest absolute Gasteiger partial charge is 0.478 e. The summed E-state index contributed by atoms with van der Waals surface area (Å²) in [6, 6.07) is 10.4. The van der Waals surface area contributed by atoms with Gasteiger partial charge in [0.05, 0.1) is 11.9 Å². The van der Waals surface area contributed by atoms with Crippen molar-refractivity contribution in [1.82, 2.24) is 5.32 Å². The number of benzene rings is 2. The molecule has 1 N–H and O–H groups in total. The van der Waals surface area contributed by atoms with Crippen molar-refractivity contribution in [2.24, 2.45) is 0 Å². The number of hydrogen-bond donors (Lipinski definition) is 1. The number of fused-ring (bicyclic) bond motifs is 1. The normalized spacial score (nSPS) is 16.9. The number of carbonyl (C=O) groups excluding carboxylic acids is 1. The van der Waals surface area contributed by atoms with Gasteiger partial charge < -0.3 is 10.1 Å². The molecule has 0 bridgehead atoms. The van der Waals surface area contributed by atoms with Gasteiger partial charge in [-0.15, -0.1) is 0 Å². The summed E-state index contributed by atoms with van der Waals surface area (Å²) in [7, 11) is -3.56. The monoisotopic (exact) mass is 412 g/mol. The molecule has 1 atom stereocenters. The first kappa shape index (κ1) is 19.4. The molecule has 2 aromatic rings. The topological polar surface area (TPSA) is 75.7 Å². The van der Waals surface area contributed by atoms with Crippen molar-refractivity contribution >= 4 is 33.2 Å². The number of nitrogens with zero attached hydrogens (tertiary/aromatic N) is 1. The highest BCUT2D eigenvalue weighted by Gasteiger charge is 2.31. The quantitative estimate of drug-likeness (QED) is 0.837. The van der Waals surface area contributed by atoms with E-state index in [-0.39, 0.29) is 37.0 Å². The maximum Gasteiger partial charge on any atom is 0.261 e. The molecule has 0 fully saturated rings. The third kappa shape index (κ3) is 4.70. The van der Waals surface area contributed by atoms with Crippen molar-refractivity contribution in [2.75, 3.05) is 17.1 Å². The Morgan fingerprint density at radius 1 is 1.30 bits per heavy atom. The molecule has 27 heavy (non-hydrogen) atoms. The smallest absolute Gasteiger partial charge is 0.261 e. The van der Waals surface area contributed by atoms with Crippen LogP contribution >= 0.6 is 11.6 Å². The summed E-state index contributed by atoms with van der Waals surface area (Å²) in [5, 5.41) is 3.10. The molecule has 1 heterocycles. The van der Waals surface area contributed by atoms with Crippen LogP contribution in [0.4, 0.5) is 10.1 Å². The fourth-order valence-corrected chi connectivity index (χ4v) is 3.89. The number of nitrogens with one attached hydrogen (secondary N) is 1. The van der Waals surface area contributed by atoms with Gasteiger partial charge in [0, 0.05) is 24.5 Å². The van der Waals surface area contributed by atoms with E-state index in [4.69, 9.17) is 16.3 Å². The molecule has 0 aliphatic carbocycles. The van der Waals surface area contributed by atoms with Gasteiger partial charge in [-0.2, -0.15) is 0 Å². The van der Waals surface area contributed by atoms with Crippen molar-refractivity contribution in [2.45, 2.75) is 19.1 Å². The summed E-state index contributed by atoms with van der Waals surface area (Å²) >= 11 is 5.99. The molecule has 1 aliphatic rings. The molecule has 0 aromatic heterocycles. The van der Waals surface area contributed by atoms with Gasteiger partial charge in [0.15, 0.2) is 6.10 Å². The van der Waals surface area contributed by atoms with Crippen LogP contribution in [-0.2, 0) is 21.4 Å². The Morgan fingerprint density at radius 2 is 2.00 bits per heavy atom. The molecule has 3 rings (SSSR count). The molecule has 6 nitrogen and oxygen atoms in total. The lowest BCUT2D eigenvalue weighted by Crippen LogP contribution is -2.39. The first-order chi connectivity index (χ1) is 12.7. The Balaban J connectivity index is 1.77. The molecule has 1 amide bonds. The molecule has 0 spiro atoms. The van der Waals surface area contributed by atoms with Gasteiger partial charge in [-0.3, -0.25) is 9.10 Å². The van der Waals surface area contributed by atoms with Crippen LogP contribution in [0.15, 0.2) is 42.5 Å². The van der Waals surface area contributed by atoms with Gasteiger partial charge in [-0.1, -0.05) is 23.7 Å². The molecule has 1 unspecified atom stereocenters. The van der Waals surface area contributed by atoms with Crippen LogP contribution < -0.4 is 14.4 Å². The lowest BCUT2D eigenvalue weighted by atomic mass is 10.2. The minimum absolute atomic E-state index is 0.0841. The van der Waals surface area contributed by atoms with Crippen LogP contribution in [0.25, 0.3) is 0 Å². The highest BCUT2D eigenvalue weighted by molar-refractivity contribution is 7.92. The maximum atomic E-state index is 13.0. The Kier molecular flexibility index (Phi) is 5.57. The Morgan fingerprint density at radius 3 is 2.67 bits per heavy atom. The van der Waals surface area contributed by atoms with E-state index in [1.807, 2.05) is 0 Å². The van der Waals surface area contributed by atoms with E-state index in [1.165, 1.54) is 22.5 Å². The average molecular weight is 413 g/mol. The van der Waals surface area contributed by atoms with Crippen LogP contribution in [0.3, 0.4) is 0 Å². The molecular formula is C18H18ClFN2O4S. The van der Waals surface area contributed by atoms with Crippen molar-refractivity contribution < 1.29 is 22.3 Å². The van der Waals surface area contributed by atoms with Gasteiger partial charge in [-0.25, -0.2) is 12.8 Å². The molecule has 0 saturated heterocycles. The highest BCUT2D eigenvalue weighted by atomic mass is 35.5. The summed E-state index contributed by atoms with van der Waals surface area (Å²) < 4.78 is 44.2. The van der Waals surface area contributed by atoms with Gasteiger partial charge in [-0.05, 0) is 35.9 Å². The van der Waals surface area contributed by atoms with Crippen LogP contribution in [0.1, 0.15) is 12.0 Å². The molecule has 9 heteroatoms. The third-order valence-electron chi connectivity index (χ3n) is 4.13. The Hall–Kier alpha value is -2.32. The second-order valence-electron chi connectivity index (χ2n) is 6.19. The number of ether oxygens (including phenoxy) is 1. The zero-order valence-electron chi connectivity index (χ0n) is 14.5. The lowest BCUT2D eigenvalue weighted by Gasteiger charge is -2.21. The van der Waals surface area contributed by atoms with Crippen LogP contribution in [0.2, 0.25) is 5.02 Å². The number of sulfonamides is 1. The average Bonchev–Trinajstić information content (AvgIpc) is 2.80. The first-order valence-corrected chi connectivity index (χ1v) is 10.4. The standard InChI is InChI=1S/C18H18ClFN2O4S/c1-27(24,25)22-9-8-17(26-16-7-4-13(19)10-15(16)22)18(23)21-11-12-2-5-14(20)6-3-12/h2-7,10,17H,8-9,11H2,1H3,(H,21,23). The van der Waals surface area contributed by atoms with Crippen molar-refractivity contribution in [1.29, 1.82) is 0 Å². The van der Waals surface area contributed by atoms with Crippen molar-refractivity contribution in [3.8, 4) is 5.75 Å². The third-order valence-corrected chi connectivity index (χ3v) is 5.54. The first-order valence-electron chi connectivity index (χ1n) is 8.20. The van der Waals surface area contributed by atoms with E-state index < -0.39 is 16.1 Å². The van der Waals surface area contributed by atoms with Gasteiger partial charge in [0.1, 0.15) is 11.6 Å². The molecule has 1 aliphatic heterocycles. The van der Waals surface area contributed by atoms with E-state index in [2.05, 4.69) is 5.32 Å². The SMILES string of the molecule is CS(=O)(=O)N1CCC(C(=O)NCc2ccc(F)cc2)Oc2ccc(Cl)cc21. The summed E-state index contributed by atoms with van der Waals surface area (Å²) in [6.07, 6.45) is 0.401. The predicted molar refractivity (Wildman–Crippen MR) is 101 cm³/mol. The van der Waals surface area contributed by atoms with Crippen molar-refractivity contribution in [3.63, 3.8) is 0 Å². The molecule has 2 aromatic carbocycles. The lowest BCUT2D eigenvalue weighted by molar-refractivity contribution is -0.128. The van der Waals surface area contributed by atoms with Gasteiger partial charge in [0.2, 0.25) is 10.0 Å².